The van der Waals surface area contributed by atoms with Crippen LogP contribution in [0.25, 0.3) is 0 Å². The van der Waals surface area contributed by atoms with E-state index in [1.54, 1.807) is 7.11 Å². The molecular formula is C17H36N4O2. The van der Waals surface area contributed by atoms with Crippen LogP contribution >= 0.6 is 0 Å². The van der Waals surface area contributed by atoms with Gasteiger partial charge in [0.05, 0.1) is 26.4 Å². The summed E-state index contributed by atoms with van der Waals surface area (Å²) in [5.41, 5.74) is 0.0586. The van der Waals surface area contributed by atoms with Crippen LogP contribution in [0.5, 0.6) is 0 Å². The Kier molecular flexibility index (Phi) is 8.87. The molecule has 1 atom stereocenters. The molecule has 0 bridgehead atoms. The quantitative estimate of drug-likeness (QED) is 0.392. The molecule has 1 unspecified atom stereocenters. The molecule has 0 aromatic carbocycles. The van der Waals surface area contributed by atoms with E-state index in [1.807, 2.05) is 0 Å². The van der Waals surface area contributed by atoms with Crippen molar-refractivity contribution in [1.29, 1.82) is 0 Å². The van der Waals surface area contributed by atoms with Crippen LogP contribution in [0.3, 0.4) is 0 Å². The number of methoxy groups -OCH3 is 1. The lowest BCUT2D eigenvalue weighted by molar-refractivity contribution is 0.0536. The zero-order valence-electron chi connectivity index (χ0n) is 15.9. The second kappa shape index (κ2) is 10.1. The number of ether oxygens (including phenoxy) is 2. The van der Waals surface area contributed by atoms with Gasteiger partial charge in [-0.2, -0.15) is 0 Å². The van der Waals surface area contributed by atoms with E-state index in [2.05, 4.69) is 50.0 Å². The van der Waals surface area contributed by atoms with Crippen molar-refractivity contribution in [2.45, 2.75) is 32.7 Å². The summed E-state index contributed by atoms with van der Waals surface area (Å²) in [6.45, 7) is 12.5. The van der Waals surface area contributed by atoms with Crippen molar-refractivity contribution in [3.63, 3.8) is 0 Å². The van der Waals surface area contributed by atoms with Gasteiger partial charge in [0.25, 0.3) is 0 Å². The number of hydrogen-bond donors (Lipinski definition) is 1. The van der Waals surface area contributed by atoms with Crippen molar-refractivity contribution >= 4 is 5.96 Å². The van der Waals surface area contributed by atoms with E-state index in [0.717, 1.165) is 45.2 Å². The average molecular weight is 329 g/mol. The number of likely N-dealkylation sites (tertiary alicyclic amines) is 1. The van der Waals surface area contributed by atoms with Crippen molar-refractivity contribution in [2.75, 3.05) is 67.2 Å². The molecule has 0 radical (unpaired) electrons. The Bertz CT molecular complexity index is 359. The molecule has 1 aliphatic heterocycles. The van der Waals surface area contributed by atoms with Gasteiger partial charge in [-0.15, -0.1) is 0 Å². The molecule has 6 heteroatoms. The van der Waals surface area contributed by atoms with E-state index in [1.165, 1.54) is 0 Å². The van der Waals surface area contributed by atoms with Crippen molar-refractivity contribution in [2.24, 2.45) is 10.9 Å². The van der Waals surface area contributed by atoms with Gasteiger partial charge in [0, 0.05) is 38.2 Å². The summed E-state index contributed by atoms with van der Waals surface area (Å²) >= 11 is 0. The highest BCUT2D eigenvalue weighted by Crippen LogP contribution is 2.17. The fourth-order valence-electron chi connectivity index (χ4n) is 2.39. The van der Waals surface area contributed by atoms with Gasteiger partial charge in [-0.05, 0) is 41.3 Å². The maximum Gasteiger partial charge on any atom is 0.193 e. The highest BCUT2D eigenvalue weighted by molar-refractivity contribution is 5.80. The van der Waals surface area contributed by atoms with E-state index in [-0.39, 0.29) is 5.54 Å². The van der Waals surface area contributed by atoms with Gasteiger partial charge in [0.2, 0.25) is 0 Å². The van der Waals surface area contributed by atoms with Crippen LogP contribution in [0.2, 0.25) is 0 Å². The first-order valence-corrected chi connectivity index (χ1v) is 8.68. The number of nitrogens with one attached hydrogen (secondary N) is 1. The van der Waals surface area contributed by atoms with E-state index in [9.17, 15) is 0 Å². The number of guanidine groups is 1. The van der Waals surface area contributed by atoms with Crippen molar-refractivity contribution in [1.82, 2.24) is 15.1 Å². The first-order chi connectivity index (χ1) is 10.9. The molecule has 1 heterocycles. The SMILES string of the molecule is CCNC(=NCC(C)(C)N(C)C)N1CCC(COCCOC)C1. The second-order valence-electron chi connectivity index (χ2n) is 7.05. The minimum absolute atomic E-state index is 0.0586. The van der Waals surface area contributed by atoms with Crippen LogP contribution in [0, 0.1) is 5.92 Å². The Morgan fingerprint density at radius 1 is 1.35 bits per heavy atom. The first-order valence-electron chi connectivity index (χ1n) is 8.68. The van der Waals surface area contributed by atoms with Crippen LogP contribution in [-0.2, 0) is 9.47 Å². The standard InChI is InChI=1S/C17H36N4O2/c1-7-18-16(19-14-17(2,3)20(4)5)21-9-8-15(12-21)13-23-11-10-22-6/h15H,7-14H2,1-6H3,(H,18,19). The maximum atomic E-state index is 5.67. The monoisotopic (exact) mass is 328 g/mol. The minimum atomic E-state index is 0.0586. The molecule has 0 aliphatic carbocycles. The summed E-state index contributed by atoms with van der Waals surface area (Å²) in [7, 11) is 5.91. The van der Waals surface area contributed by atoms with Crippen LogP contribution in [0.4, 0.5) is 0 Å². The zero-order chi connectivity index (χ0) is 17.3. The number of hydrogen-bond acceptors (Lipinski definition) is 4. The van der Waals surface area contributed by atoms with E-state index in [4.69, 9.17) is 14.5 Å². The molecule has 1 saturated heterocycles. The molecule has 0 spiro atoms. The third-order valence-electron chi connectivity index (χ3n) is 4.53. The molecule has 23 heavy (non-hydrogen) atoms. The topological polar surface area (TPSA) is 49.3 Å². The van der Waals surface area contributed by atoms with Crippen molar-refractivity contribution in [3.05, 3.63) is 0 Å². The van der Waals surface area contributed by atoms with E-state index in [0.29, 0.717) is 19.1 Å². The zero-order valence-corrected chi connectivity index (χ0v) is 15.9. The Hall–Kier alpha value is -0.850. The summed E-state index contributed by atoms with van der Waals surface area (Å²) in [6, 6.07) is 0. The maximum absolute atomic E-state index is 5.67. The van der Waals surface area contributed by atoms with Crippen LogP contribution in [0.1, 0.15) is 27.2 Å². The molecular weight excluding hydrogens is 292 g/mol. The van der Waals surface area contributed by atoms with Crippen LogP contribution in [0.15, 0.2) is 4.99 Å². The number of rotatable bonds is 9. The highest BCUT2D eigenvalue weighted by atomic mass is 16.5. The molecule has 1 rings (SSSR count). The number of nitrogens with zero attached hydrogens (tertiary/aromatic N) is 3. The van der Waals surface area contributed by atoms with Gasteiger partial charge in [0.1, 0.15) is 0 Å². The molecule has 0 amide bonds. The predicted molar refractivity (Wildman–Crippen MR) is 96.1 cm³/mol. The predicted octanol–water partition coefficient (Wildman–Crippen LogP) is 1.28. The number of aliphatic imine (C=N–C) groups is 1. The largest absolute Gasteiger partial charge is 0.382 e. The van der Waals surface area contributed by atoms with Gasteiger partial charge in [-0.25, -0.2) is 0 Å². The lowest BCUT2D eigenvalue weighted by Gasteiger charge is -2.32. The fourth-order valence-corrected chi connectivity index (χ4v) is 2.39. The molecule has 136 valence electrons. The van der Waals surface area contributed by atoms with E-state index < -0.39 is 0 Å². The normalized spacial score (nSPS) is 19.7. The molecule has 0 aromatic rings. The smallest absolute Gasteiger partial charge is 0.193 e. The molecule has 0 aromatic heterocycles. The molecule has 6 nitrogen and oxygen atoms in total. The average Bonchev–Trinajstić information content (AvgIpc) is 2.96. The third kappa shape index (κ3) is 7.06. The van der Waals surface area contributed by atoms with Gasteiger partial charge >= 0.3 is 0 Å². The Balaban J connectivity index is 2.51. The Morgan fingerprint density at radius 2 is 2.09 bits per heavy atom. The summed E-state index contributed by atoms with van der Waals surface area (Å²) in [4.78, 5) is 9.44. The molecule has 1 aliphatic rings. The summed E-state index contributed by atoms with van der Waals surface area (Å²) in [5, 5.41) is 3.43. The van der Waals surface area contributed by atoms with Gasteiger partial charge in [-0.3, -0.25) is 4.99 Å². The first kappa shape index (κ1) is 20.2. The summed E-state index contributed by atoms with van der Waals surface area (Å²) in [6.07, 6.45) is 1.16. The molecule has 1 N–H and O–H groups in total. The van der Waals surface area contributed by atoms with Gasteiger partial charge in [-0.1, -0.05) is 0 Å². The Morgan fingerprint density at radius 3 is 2.70 bits per heavy atom. The molecule has 0 saturated carbocycles. The lowest BCUT2D eigenvalue weighted by atomic mass is 10.1. The minimum Gasteiger partial charge on any atom is -0.382 e. The fraction of sp³-hybridized carbons (Fsp3) is 0.941. The lowest BCUT2D eigenvalue weighted by Crippen LogP contribution is -2.44. The number of likely N-dealkylation sites (N-methyl/N-ethyl adjacent to an activating group) is 1. The van der Waals surface area contributed by atoms with Crippen molar-refractivity contribution < 1.29 is 9.47 Å². The third-order valence-corrected chi connectivity index (χ3v) is 4.53. The highest BCUT2D eigenvalue weighted by Gasteiger charge is 2.26. The van der Waals surface area contributed by atoms with Crippen LogP contribution in [-0.4, -0.2) is 88.5 Å². The van der Waals surface area contributed by atoms with Gasteiger partial charge < -0.3 is 24.6 Å². The van der Waals surface area contributed by atoms with Crippen LogP contribution < -0.4 is 5.32 Å². The van der Waals surface area contributed by atoms with Gasteiger partial charge in [0.15, 0.2) is 5.96 Å². The van der Waals surface area contributed by atoms with E-state index >= 15 is 0 Å². The molecule has 1 fully saturated rings. The Labute approximate surface area is 142 Å². The second-order valence-corrected chi connectivity index (χ2v) is 7.05. The summed E-state index contributed by atoms with van der Waals surface area (Å²) < 4.78 is 10.7. The van der Waals surface area contributed by atoms with Crippen molar-refractivity contribution in [3.8, 4) is 0 Å². The summed E-state index contributed by atoms with van der Waals surface area (Å²) in [5.74, 6) is 1.61.